The van der Waals surface area contributed by atoms with E-state index in [1.165, 1.54) is 18.0 Å². The number of nitrogens with one attached hydrogen (secondary N) is 2. The van der Waals surface area contributed by atoms with Crippen molar-refractivity contribution in [3.8, 4) is 0 Å². The maximum Gasteiger partial charge on any atom is 0.328 e. The Morgan fingerprint density at radius 2 is 2.35 bits per heavy atom. The van der Waals surface area contributed by atoms with Crippen LogP contribution in [0.15, 0.2) is 12.4 Å². The van der Waals surface area contributed by atoms with Gasteiger partial charge in [-0.1, -0.05) is 0 Å². The molecular formula is C9H14N4O4. The molecule has 1 unspecified atom stereocenters. The van der Waals surface area contributed by atoms with Crippen molar-refractivity contribution in [3.05, 3.63) is 12.4 Å². The molecular weight excluding hydrogens is 228 g/mol. The van der Waals surface area contributed by atoms with Crippen LogP contribution in [0.4, 0.5) is 10.5 Å². The van der Waals surface area contributed by atoms with E-state index in [1.54, 1.807) is 13.2 Å². The number of carboxylic acid groups (broad SMARTS) is 1. The van der Waals surface area contributed by atoms with Gasteiger partial charge < -0.3 is 20.5 Å². The molecule has 0 spiro atoms. The number of ether oxygens (including phenoxy) is 1. The molecule has 8 nitrogen and oxygen atoms in total. The minimum Gasteiger partial charge on any atom is -0.480 e. The summed E-state index contributed by atoms with van der Waals surface area (Å²) in [6.45, 7) is -0.101. The van der Waals surface area contributed by atoms with Crippen LogP contribution in [0.1, 0.15) is 0 Å². The molecule has 3 N–H and O–H groups in total. The Kier molecular flexibility index (Phi) is 4.46. The second kappa shape index (κ2) is 5.85. The Morgan fingerprint density at radius 1 is 1.65 bits per heavy atom. The minimum absolute atomic E-state index is 0.101. The van der Waals surface area contributed by atoms with Gasteiger partial charge in [0.1, 0.15) is 0 Å². The number of carbonyl (C=O) groups excluding carboxylic acids is 1. The smallest absolute Gasteiger partial charge is 0.328 e. The summed E-state index contributed by atoms with van der Waals surface area (Å²) in [6, 6.07) is -1.71. The third-order valence-corrected chi connectivity index (χ3v) is 1.90. The summed E-state index contributed by atoms with van der Waals surface area (Å²) in [7, 11) is 3.06. The largest absolute Gasteiger partial charge is 0.480 e. The van der Waals surface area contributed by atoms with Gasteiger partial charge in [-0.25, -0.2) is 9.59 Å². The van der Waals surface area contributed by atoms with Crippen molar-refractivity contribution in [2.75, 3.05) is 19.0 Å². The molecule has 1 aromatic rings. The number of aryl methyl sites for hydroxylation is 1. The quantitative estimate of drug-likeness (QED) is 0.654. The zero-order valence-electron chi connectivity index (χ0n) is 9.51. The molecule has 0 aromatic carbocycles. The molecule has 2 amide bonds. The Morgan fingerprint density at radius 3 is 2.82 bits per heavy atom. The van der Waals surface area contributed by atoms with E-state index < -0.39 is 18.0 Å². The van der Waals surface area contributed by atoms with E-state index in [2.05, 4.69) is 20.5 Å². The lowest BCUT2D eigenvalue weighted by Gasteiger charge is -2.13. The van der Waals surface area contributed by atoms with Crippen LogP contribution in [-0.4, -0.2) is 46.6 Å². The molecule has 8 heteroatoms. The second-order valence-corrected chi connectivity index (χ2v) is 3.35. The fourth-order valence-corrected chi connectivity index (χ4v) is 1.15. The van der Waals surface area contributed by atoms with E-state index in [1.807, 2.05) is 0 Å². The zero-order valence-corrected chi connectivity index (χ0v) is 9.51. The van der Waals surface area contributed by atoms with E-state index in [4.69, 9.17) is 5.11 Å². The summed E-state index contributed by atoms with van der Waals surface area (Å²) >= 11 is 0. The van der Waals surface area contributed by atoms with Gasteiger partial charge in [0, 0.05) is 20.4 Å². The first-order chi connectivity index (χ1) is 8.02. The maximum atomic E-state index is 11.4. The van der Waals surface area contributed by atoms with E-state index in [0.717, 1.165) is 0 Å². The van der Waals surface area contributed by atoms with Crippen molar-refractivity contribution >= 4 is 17.7 Å². The molecule has 0 bridgehead atoms. The molecule has 0 saturated carbocycles. The number of hydrogen-bond donors (Lipinski definition) is 3. The number of urea groups is 1. The van der Waals surface area contributed by atoms with Gasteiger partial charge in [0.15, 0.2) is 6.04 Å². The maximum absolute atomic E-state index is 11.4. The van der Waals surface area contributed by atoms with Crippen molar-refractivity contribution in [3.63, 3.8) is 0 Å². The number of hydrogen-bond acceptors (Lipinski definition) is 4. The lowest BCUT2D eigenvalue weighted by molar-refractivity contribution is -0.140. The topological polar surface area (TPSA) is 105 Å². The number of aliphatic carboxylic acids is 1. The van der Waals surface area contributed by atoms with Crippen LogP contribution in [0.25, 0.3) is 0 Å². The van der Waals surface area contributed by atoms with Crippen molar-refractivity contribution in [2.24, 2.45) is 7.05 Å². The van der Waals surface area contributed by atoms with Gasteiger partial charge >= 0.3 is 12.0 Å². The Hall–Kier alpha value is -2.09. The standard InChI is InChI=1S/C9H14N4O4/c1-13-4-6(3-10-13)11-9(16)12-7(5-17-2)8(14)15/h3-4,7H,5H2,1-2H3,(H,14,15)(H2,11,12,16). The number of rotatable bonds is 5. The van der Waals surface area contributed by atoms with E-state index in [9.17, 15) is 9.59 Å². The number of amides is 2. The van der Waals surface area contributed by atoms with Gasteiger partial charge in [-0.05, 0) is 0 Å². The van der Waals surface area contributed by atoms with E-state index in [0.29, 0.717) is 5.69 Å². The monoisotopic (exact) mass is 242 g/mol. The Bertz CT molecular complexity index is 403. The number of carboxylic acids is 1. The highest BCUT2D eigenvalue weighted by Crippen LogP contribution is 2.02. The normalized spacial score (nSPS) is 11.9. The minimum atomic E-state index is -1.16. The van der Waals surface area contributed by atoms with Gasteiger partial charge in [-0.15, -0.1) is 0 Å². The summed E-state index contributed by atoms with van der Waals surface area (Å²) in [4.78, 5) is 22.2. The summed E-state index contributed by atoms with van der Waals surface area (Å²) in [5, 5.41) is 17.4. The summed E-state index contributed by atoms with van der Waals surface area (Å²) in [5.74, 6) is -1.16. The van der Waals surface area contributed by atoms with Crippen LogP contribution < -0.4 is 10.6 Å². The number of anilines is 1. The number of aromatic nitrogens is 2. The summed E-state index contributed by atoms with van der Waals surface area (Å²) < 4.78 is 6.19. The first kappa shape index (κ1) is 13.0. The molecule has 0 aliphatic rings. The molecule has 0 saturated heterocycles. The summed E-state index contributed by atoms with van der Waals surface area (Å²) in [6.07, 6.45) is 3.04. The van der Waals surface area contributed by atoms with E-state index in [-0.39, 0.29) is 6.61 Å². The predicted molar refractivity (Wildman–Crippen MR) is 58.7 cm³/mol. The molecule has 0 radical (unpaired) electrons. The average molecular weight is 242 g/mol. The molecule has 0 fully saturated rings. The van der Waals surface area contributed by atoms with Crippen LogP contribution in [0.2, 0.25) is 0 Å². The predicted octanol–water partition coefficient (Wildman–Crippen LogP) is -0.359. The van der Waals surface area contributed by atoms with Gasteiger partial charge in [-0.3, -0.25) is 4.68 Å². The van der Waals surface area contributed by atoms with Crippen LogP contribution >= 0.6 is 0 Å². The molecule has 17 heavy (non-hydrogen) atoms. The molecule has 94 valence electrons. The second-order valence-electron chi connectivity index (χ2n) is 3.35. The Balaban J connectivity index is 2.50. The Labute approximate surface area is 97.6 Å². The average Bonchev–Trinajstić information content (AvgIpc) is 2.63. The summed E-state index contributed by atoms with van der Waals surface area (Å²) in [5.41, 5.74) is 0.478. The molecule has 1 aromatic heterocycles. The lowest BCUT2D eigenvalue weighted by atomic mass is 10.3. The fourth-order valence-electron chi connectivity index (χ4n) is 1.15. The van der Waals surface area contributed by atoms with Crippen LogP contribution in [0, 0.1) is 0 Å². The van der Waals surface area contributed by atoms with Crippen LogP contribution in [0.5, 0.6) is 0 Å². The van der Waals surface area contributed by atoms with Crippen LogP contribution in [0.3, 0.4) is 0 Å². The molecule has 1 heterocycles. The fraction of sp³-hybridized carbons (Fsp3) is 0.444. The van der Waals surface area contributed by atoms with Crippen molar-refractivity contribution in [2.45, 2.75) is 6.04 Å². The SMILES string of the molecule is COCC(NC(=O)Nc1cnn(C)c1)C(=O)O. The third kappa shape index (κ3) is 4.11. The number of methoxy groups -OCH3 is 1. The number of nitrogens with zero attached hydrogens (tertiary/aromatic N) is 2. The van der Waals surface area contributed by atoms with E-state index >= 15 is 0 Å². The van der Waals surface area contributed by atoms with Crippen molar-refractivity contribution in [1.29, 1.82) is 0 Å². The number of carbonyl (C=O) groups is 2. The zero-order chi connectivity index (χ0) is 12.8. The van der Waals surface area contributed by atoms with Gasteiger partial charge in [0.2, 0.25) is 0 Å². The molecule has 0 aliphatic heterocycles. The highest BCUT2D eigenvalue weighted by atomic mass is 16.5. The van der Waals surface area contributed by atoms with Gasteiger partial charge in [0.25, 0.3) is 0 Å². The van der Waals surface area contributed by atoms with Gasteiger partial charge in [0.05, 0.1) is 18.5 Å². The molecule has 1 atom stereocenters. The molecule has 0 aliphatic carbocycles. The van der Waals surface area contributed by atoms with Crippen molar-refractivity contribution < 1.29 is 19.4 Å². The highest BCUT2D eigenvalue weighted by molar-refractivity contribution is 5.92. The van der Waals surface area contributed by atoms with Crippen molar-refractivity contribution in [1.82, 2.24) is 15.1 Å². The highest BCUT2D eigenvalue weighted by Gasteiger charge is 2.19. The first-order valence-electron chi connectivity index (χ1n) is 4.81. The first-order valence-corrected chi connectivity index (χ1v) is 4.81. The lowest BCUT2D eigenvalue weighted by Crippen LogP contribution is -2.45. The molecule has 1 rings (SSSR count). The third-order valence-electron chi connectivity index (χ3n) is 1.90. The van der Waals surface area contributed by atoms with Crippen LogP contribution in [-0.2, 0) is 16.6 Å². The van der Waals surface area contributed by atoms with Gasteiger partial charge in [-0.2, -0.15) is 5.10 Å².